The number of hydrogen-bond acceptors (Lipinski definition) is 4. The maximum Gasteiger partial charge on any atom is 0.234 e. The smallest absolute Gasteiger partial charge is 0.234 e. The van der Waals surface area contributed by atoms with Gasteiger partial charge in [-0.1, -0.05) is 43.1 Å². The van der Waals surface area contributed by atoms with E-state index in [1.807, 2.05) is 24.1 Å². The minimum Gasteiger partial charge on any atom is -0.374 e. The Morgan fingerprint density at radius 3 is 2.85 bits per heavy atom. The summed E-state index contributed by atoms with van der Waals surface area (Å²) < 4.78 is 5.77. The number of morpholine rings is 1. The fourth-order valence-electron chi connectivity index (χ4n) is 3.12. The van der Waals surface area contributed by atoms with E-state index in [9.17, 15) is 4.79 Å². The van der Waals surface area contributed by atoms with Crippen LogP contribution in [0.5, 0.6) is 0 Å². The molecule has 0 aliphatic carbocycles. The third kappa shape index (κ3) is 7.41. The molecule has 26 heavy (non-hydrogen) atoms. The lowest BCUT2D eigenvalue weighted by Crippen LogP contribution is -2.49. The van der Waals surface area contributed by atoms with E-state index >= 15 is 0 Å². The summed E-state index contributed by atoms with van der Waals surface area (Å²) in [6.45, 7) is 9.58. The van der Waals surface area contributed by atoms with Crippen LogP contribution in [-0.2, 0) is 16.1 Å². The number of amides is 1. The van der Waals surface area contributed by atoms with E-state index in [2.05, 4.69) is 24.1 Å². The summed E-state index contributed by atoms with van der Waals surface area (Å²) in [7, 11) is 1.91. The fraction of sp³-hybridized carbons (Fsp3) is 0.632. The molecule has 5 nitrogen and oxygen atoms in total. The topological polar surface area (TPSA) is 44.8 Å². The van der Waals surface area contributed by atoms with Gasteiger partial charge in [-0.25, -0.2) is 0 Å². The van der Waals surface area contributed by atoms with E-state index in [0.29, 0.717) is 35.6 Å². The second-order valence-corrected chi connectivity index (χ2v) is 8.19. The summed E-state index contributed by atoms with van der Waals surface area (Å²) in [6, 6.07) is 5.52. The highest BCUT2D eigenvalue weighted by atomic mass is 35.5. The van der Waals surface area contributed by atoms with Gasteiger partial charge in [0.2, 0.25) is 5.91 Å². The molecule has 1 unspecified atom stereocenters. The monoisotopic (exact) mass is 401 g/mol. The van der Waals surface area contributed by atoms with Crippen molar-refractivity contribution in [3.8, 4) is 0 Å². The molecule has 2 rings (SSSR count). The molecule has 1 saturated heterocycles. The Labute approximate surface area is 166 Å². The average Bonchev–Trinajstić information content (AvgIpc) is 2.56. The highest BCUT2D eigenvalue weighted by Crippen LogP contribution is 2.23. The van der Waals surface area contributed by atoms with E-state index in [1.54, 1.807) is 6.07 Å². The minimum atomic E-state index is -0.00264. The fourth-order valence-corrected chi connectivity index (χ4v) is 3.44. The molecule has 0 radical (unpaired) electrons. The van der Waals surface area contributed by atoms with E-state index in [1.165, 1.54) is 0 Å². The molecule has 1 amide bonds. The summed E-state index contributed by atoms with van der Waals surface area (Å²) in [4.78, 5) is 16.5. The molecule has 0 bridgehead atoms. The van der Waals surface area contributed by atoms with Gasteiger partial charge in [-0.2, -0.15) is 0 Å². The summed E-state index contributed by atoms with van der Waals surface area (Å²) in [5.74, 6) is 0.635. The molecule has 1 aromatic rings. The second-order valence-electron chi connectivity index (χ2n) is 7.37. The molecule has 1 atom stereocenters. The largest absolute Gasteiger partial charge is 0.374 e. The third-order valence-electron chi connectivity index (χ3n) is 4.22. The number of rotatable bonds is 8. The molecule has 146 valence electrons. The third-order valence-corrected chi connectivity index (χ3v) is 4.96. The van der Waals surface area contributed by atoms with Gasteiger partial charge < -0.3 is 10.1 Å². The van der Waals surface area contributed by atoms with Crippen LogP contribution in [0.4, 0.5) is 0 Å². The van der Waals surface area contributed by atoms with Crippen LogP contribution in [0.1, 0.15) is 19.4 Å². The first-order valence-electron chi connectivity index (χ1n) is 9.06. The lowest BCUT2D eigenvalue weighted by atomic mass is 10.2. The molecule has 0 spiro atoms. The van der Waals surface area contributed by atoms with Crippen molar-refractivity contribution in [3.63, 3.8) is 0 Å². The quantitative estimate of drug-likeness (QED) is 0.727. The number of nitrogens with one attached hydrogen (secondary N) is 1. The zero-order chi connectivity index (χ0) is 19.1. The van der Waals surface area contributed by atoms with Crippen molar-refractivity contribution in [2.24, 2.45) is 5.92 Å². The Hall–Kier alpha value is -0.850. The van der Waals surface area contributed by atoms with Gasteiger partial charge in [0.15, 0.2) is 0 Å². The zero-order valence-corrected chi connectivity index (χ0v) is 17.3. The summed E-state index contributed by atoms with van der Waals surface area (Å²) in [5, 5.41) is 4.05. The van der Waals surface area contributed by atoms with E-state index in [0.717, 1.165) is 31.8 Å². The summed E-state index contributed by atoms with van der Waals surface area (Å²) in [5.41, 5.74) is 1.02. The van der Waals surface area contributed by atoms with Crippen molar-refractivity contribution >= 4 is 29.1 Å². The molecule has 1 aromatic carbocycles. The van der Waals surface area contributed by atoms with E-state index in [-0.39, 0.29) is 12.0 Å². The number of ether oxygens (including phenoxy) is 1. The van der Waals surface area contributed by atoms with Gasteiger partial charge in [-0.05, 0) is 30.7 Å². The van der Waals surface area contributed by atoms with Crippen molar-refractivity contribution in [3.05, 3.63) is 33.8 Å². The van der Waals surface area contributed by atoms with Crippen LogP contribution in [0.25, 0.3) is 0 Å². The molecule has 0 saturated carbocycles. The van der Waals surface area contributed by atoms with Crippen LogP contribution in [0, 0.1) is 5.92 Å². The normalized spacial score (nSPS) is 18.5. The minimum absolute atomic E-state index is 0.00264. The maximum absolute atomic E-state index is 12.2. The van der Waals surface area contributed by atoms with Gasteiger partial charge in [0.1, 0.15) is 0 Å². The molecular formula is C19H29Cl2N3O2. The maximum atomic E-state index is 12.2. The van der Waals surface area contributed by atoms with Crippen LogP contribution < -0.4 is 5.32 Å². The lowest BCUT2D eigenvalue weighted by molar-refractivity contribution is -0.123. The number of carbonyl (C=O) groups excluding carboxylic acids is 1. The number of hydrogen-bond donors (Lipinski definition) is 1. The first-order chi connectivity index (χ1) is 12.3. The second kappa shape index (κ2) is 10.5. The predicted molar refractivity (Wildman–Crippen MR) is 107 cm³/mol. The van der Waals surface area contributed by atoms with Crippen LogP contribution in [-0.4, -0.2) is 68.2 Å². The van der Waals surface area contributed by atoms with Crippen LogP contribution >= 0.6 is 23.2 Å². The Morgan fingerprint density at radius 1 is 1.38 bits per heavy atom. The Kier molecular flexibility index (Phi) is 8.64. The molecule has 1 aliphatic rings. The van der Waals surface area contributed by atoms with Gasteiger partial charge in [0.05, 0.1) is 29.3 Å². The highest BCUT2D eigenvalue weighted by molar-refractivity contribution is 6.42. The standard InChI is InChI=1S/C19H29Cl2N3O2/c1-14(2)10-24-6-7-26-16(12-24)9-22-19(25)13-23(3)11-15-4-5-17(20)18(21)8-15/h4-5,8,14,16H,6-7,9-13H2,1-3H3,(H,22,25). The SMILES string of the molecule is CC(C)CN1CCOC(CNC(=O)CN(C)Cc2ccc(Cl)c(Cl)c2)C1. The van der Waals surface area contributed by atoms with Crippen molar-refractivity contribution in [1.82, 2.24) is 15.1 Å². The predicted octanol–water partition coefficient (Wildman–Crippen LogP) is 2.90. The Balaban J connectivity index is 1.71. The number of halogens is 2. The van der Waals surface area contributed by atoms with Gasteiger partial charge in [-0.15, -0.1) is 0 Å². The van der Waals surface area contributed by atoms with Gasteiger partial charge in [0.25, 0.3) is 0 Å². The number of likely N-dealkylation sites (N-methyl/N-ethyl adjacent to an activating group) is 1. The summed E-state index contributed by atoms with van der Waals surface area (Å²) >= 11 is 12.0. The molecular weight excluding hydrogens is 373 g/mol. The number of benzene rings is 1. The molecule has 1 aliphatic heterocycles. The van der Waals surface area contributed by atoms with Gasteiger partial charge in [-0.3, -0.25) is 14.6 Å². The zero-order valence-electron chi connectivity index (χ0n) is 15.8. The van der Waals surface area contributed by atoms with Crippen molar-refractivity contribution in [2.45, 2.75) is 26.5 Å². The van der Waals surface area contributed by atoms with Crippen molar-refractivity contribution < 1.29 is 9.53 Å². The first kappa shape index (κ1) is 21.5. The molecule has 1 N–H and O–H groups in total. The Bertz CT molecular complexity index is 598. The molecule has 0 aromatic heterocycles. The van der Waals surface area contributed by atoms with Crippen LogP contribution in [0.2, 0.25) is 10.0 Å². The highest BCUT2D eigenvalue weighted by Gasteiger charge is 2.21. The van der Waals surface area contributed by atoms with Crippen LogP contribution in [0.15, 0.2) is 18.2 Å². The van der Waals surface area contributed by atoms with Crippen molar-refractivity contribution in [1.29, 1.82) is 0 Å². The van der Waals surface area contributed by atoms with Crippen LogP contribution in [0.3, 0.4) is 0 Å². The Morgan fingerprint density at radius 2 is 2.15 bits per heavy atom. The number of nitrogens with zero attached hydrogens (tertiary/aromatic N) is 2. The molecule has 7 heteroatoms. The first-order valence-corrected chi connectivity index (χ1v) is 9.82. The van der Waals surface area contributed by atoms with Gasteiger partial charge >= 0.3 is 0 Å². The van der Waals surface area contributed by atoms with Gasteiger partial charge in [0, 0.05) is 32.7 Å². The summed E-state index contributed by atoms with van der Waals surface area (Å²) in [6.07, 6.45) is 0.0619. The number of carbonyl (C=O) groups is 1. The lowest BCUT2D eigenvalue weighted by Gasteiger charge is -2.34. The molecule has 1 fully saturated rings. The molecule has 1 heterocycles. The average molecular weight is 402 g/mol. The van der Waals surface area contributed by atoms with E-state index < -0.39 is 0 Å². The van der Waals surface area contributed by atoms with E-state index in [4.69, 9.17) is 27.9 Å². The van der Waals surface area contributed by atoms with Crippen molar-refractivity contribution in [2.75, 3.05) is 46.4 Å².